The molecule has 0 saturated carbocycles. The number of aliphatic hydroxyl groups excluding tert-OH is 1. The SMILES string of the molecule is COC(=O)C1CC(O)CN1C(=O)C(Cc1ccccc1)NC(=O)C(C)NC(=O)C(NC(=O)c1ccccc1)C(C)OCc1ccccc1. The maximum Gasteiger partial charge on any atom is 0.328 e. The second-order valence-electron chi connectivity index (χ2n) is 11.7. The van der Waals surface area contributed by atoms with Gasteiger partial charge in [-0.05, 0) is 37.1 Å². The van der Waals surface area contributed by atoms with Gasteiger partial charge in [0.1, 0.15) is 24.2 Å². The number of hydrogen-bond acceptors (Lipinski definition) is 8. The van der Waals surface area contributed by atoms with E-state index in [0.29, 0.717) is 5.56 Å². The predicted octanol–water partition coefficient (Wildman–Crippen LogP) is 1.76. The lowest BCUT2D eigenvalue weighted by Crippen LogP contribution is -2.59. The molecule has 6 atom stereocenters. The number of likely N-dealkylation sites (tertiary alicyclic amines) is 1. The van der Waals surface area contributed by atoms with Crippen LogP contribution in [0.25, 0.3) is 0 Å². The molecular formula is C36H42N4O8. The summed E-state index contributed by atoms with van der Waals surface area (Å²) in [6.07, 6.45) is -1.62. The van der Waals surface area contributed by atoms with Crippen LogP contribution in [-0.2, 0) is 41.7 Å². The summed E-state index contributed by atoms with van der Waals surface area (Å²) in [5, 5.41) is 18.4. The van der Waals surface area contributed by atoms with E-state index in [-0.39, 0.29) is 26.0 Å². The van der Waals surface area contributed by atoms with Gasteiger partial charge in [0.2, 0.25) is 17.7 Å². The lowest BCUT2D eigenvalue weighted by Gasteiger charge is -2.29. The van der Waals surface area contributed by atoms with Crippen molar-refractivity contribution in [3.8, 4) is 0 Å². The number of benzene rings is 3. The van der Waals surface area contributed by atoms with Crippen molar-refractivity contribution < 1.29 is 38.6 Å². The van der Waals surface area contributed by atoms with Gasteiger partial charge >= 0.3 is 5.97 Å². The third kappa shape index (κ3) is 9.72. The zero-order valence-corrected chi connectivity index (χ0v) is 27.2. The first kappa shape index (κ1) is 35.8. The highest BCUT2D eigenvalue weighted by molar-refractivity contribution is 5.99. The van der Waals surface area contributed by atoms with Crippen LogP contribution in [0.5, 0.6) is 0 Å². The number of nitrogens with one attached hydrogen (secondary N) is 3. The second kappa shape index (κ2) is 17.2. The van der Waals surface area contributed by atoms with Gasteiger partial charge in [-0.3, -0.25) is 19.2 Å². The van der Waals surface area contributed by atoms with Gasteiger partial charge in [-0.1, -0.05) is 78.9 Å². The lowest BCUT2D eigenvalue weighted by molar-refractivity contribution is -0.152. The zero-order chi connectivity index (χ0) is 34.6. The number of esters is 1. The van der Waals surface area contributed by atoms with Crippen LogP contribution in [0.15, 0.2) is 91.0 Å². The molecule has 1 saturated heterocycles. The summed E-state index contributed by atoms with van der Waals surface area (Å²) in [4.78, 5) is 67.7. The first-order valence-corrected chi connectivity index (χ1v) is 15.8. The maximum atomic E-state index is 13.8. The Kier molecular flexibility index (Phi) is 12.8. The van der Waals surface area contributed by atoms with Crippen LogP contribution in [0.2, 0.25) is 0 Å². The molecule has 4 rings (SSSR count). The fourth-order valence-corrected chi connectivity index (χ4v) is 5.44. The Balaban J connectivity index is 1.49. The van der Waals surface area contributed by atoms with Crippen molar-refractivity contribution >= 4 is 29.6 Å². The predicted molar refractivity (Wildman–Crippen MR) is 176 cm³/mol. The number of rotatable bonds is 14. The summed E-state index contributed by atoms with van der Waals surface area (Å²) in [5.41, 5.74) is 1.96. The molecule has 1 heterocycles. The number of nitrogens with zero attached hydrogens (tertiary/aromatic N) is 1. The normalized spacial score (nSPS) is 18.1. The van der Waals surface area contributed by atoms with Gasteiger partial charge in [0.25, 0.3) is 5.91 Å². The van der Waals surface area contributed by atoms with Gasteiger partial charge in [0.05, 0.1) is 25.9 Å². The quantitative estimate of drug-likeness (QED) is 0.191. The van der Waals surface area contributed by atoms with E-state index < -0.39 is 66.0 Å². The van der Waals surface area contributed by atoms with E-state index in [4.69, 9.17) is 9.47 Å². The summed E-state index contributed by atoms with van der Waals surface area (Å²) < 4.78 is 10.8. The lowest BCUT2D eigenvalue weighted by atomic mass is 10.0. The third-order valence-corrected chi connectivity index (χ3v) is 8.11. The first-order chi connectivity index (χ1) is 23.1. The van der Waals surface area contributed by atoms with Gasteiger partial charge in [0, 0.05) is 24.9 Å². The molecule has 3 aromatic rings. The topological polar surface area (TPSA) is 163 Å². The number of ether oxygens (including phenoxy) is 2. The Morgan fingerprint density at radius 1 is 0.812 bits per heavy atom. The standard InChI is InChI=1S/C36H42N4O8/c1-23(32(42)38-29(19-25-13-7-4-8-14-25)35(45)40-21-28(41)20-30(40)36(46)47-3)37-34(44)31(39-33(43)27-17-11-6-12-18-27)24(2)48-22-26-15-9-5-10-16-26/h4-18,23-24,28-31,41H,19-22H2,1-3H3,(H,37,44)(H,38,42)(H,39,43). The van der Waals surface area contributed by atoms with Crippen LogP contribution >= 0.6 is 0 Å². The minimum atomic E-state index is -1.18. The minimum Gasteiger partial charge on any atom is -0.467 e. The summed E-state index contributed by atoms with van der Waals surface area (Å²) in [6.45, 7) is 3.19. The highest BCUT2D eigenvalue weighted by Crippen LogP contribution is 2.21. The average Bonchev–Trinajstić information content (AvgIpc) is 3.51. The zero-order valence-electron chi connectivity index (χ0n) is 27.2. The monoisotopic (exact) mass is 658 g/mol. The van der Waals surface area contributed by atoms with Crippen molar-refractivity contribution in [3.05, 3.63) is 108 Å². The Bertz CT molecular complexity index is 1540. The molecule has 1 aliphatic rings. The summed E-state index contributed by atoms with van der Waals surface area (Å²) in [5.74, 6) is -3.07. The molecule has 0 spiro atoms. The first-order valence-electron chi connectivity index (χ1n) is 15.8. The van der Waals surface area contributed by atoms with Crippen molar-refractivity contribution in [3.63, 3.8) is 0 Å². The summed E-state index contributed by atoms with van der Waals surface area (Å²) in [7, 11) is 1.20. The van der Waals surface area contributed by atoms with Crippen molar-refractivity contribution in [1.82, 2.24) is 20.9 Å². The van der Waals surface area contributed by atoms with Crippen LogP contribution < -0.4 is 16.0 Å². The van der Waals surface area contributed by atoms with E-state index in [2.05, 4.69) is 16.0 Å². The van der Waals surface area contributed by atoms with E-state index in [0.717, 1.165) is 11.1 Å². The molecule has 1 fully saturated rings. The van der Waals surface area contributed by atoms with Crippen LogP contribution in [0.1, 0.15) is 41.8 Å². The number of amides is 4. The second-order valence-corrected chi connectivity index (χ2v) is 11.7. The molecule has 0 radical (unpaired) electrons. The number of methoxy groups -OCH3 is 1. The molecule has 0 aromatic heterocycles. The highest BCUT2D eigenvalue weighted by Gasteiger charge is 2.42. The van der Waals surface area contributed by atoms with E-state index in [1.807, 2.05) is 36.4 Å². The molecule has 48 heavy (non-hydrogen) atoms. The Morgan fingerprint density at radius 2 is 1.40 bits per heavy atom. The van der Waals surface area contributed by atoms with Crippen LogP contribution in [-0.4, -0.2) is 89.6 Å². The fourth-order valence-electron chi connectivity index (χ4n) is 5.44. The summed E-state index contributed by atoms with van der Waals surface area (Å²) >= 11 is 0. The molecule has 0 bridgehead atoms. The van der Waals surface area contributed by atoms with Gasteiger partial charge in [-0.15, -0.1) is 0 Å². The molecule has 3 aromatic carbocycles. The molecule has 254 valence electrons. The highest BCUT2D eigenvalue weighted by atomic mass is 16.5. The van der Waals surface area contributed by atoms with E-state index in [9.17, 15) is 29.1 Å². The van der Waals surface area contributed by atoms with Gasteiger partial charge < -0.3 is 35.4 Å². The molecular weight excluding hydrogens is 616 g/mol. The number of carbonyl (C=O) groups excluding carboxylic acids is 5. The van der Waals surface area contributed by atoms with Gasteiger partial charge in [-0.25, -0.2) is 4.79 Å². The van der Waals surface area contributed by atoms with Gasteiger partial charge in [-0.2, -0.15) is 0 Å². The van der Waals surface area contributed by atoms with Crippen LogP contribution in [0.4, 0.5) is 0 Å². The van der Waals surface area contributed by atoms with Crippen molar-refractivity contribution in [2.45, 2.75) is 69.7 Å². The Labute approximate surface area is 279 Å². The molecule has 4 amide bonds. The van der Waals surface area contributed by atoms with Crippen molar-refractivity contribution in [2.75, 3.05) is 13.7 Å². The fraction of sp³-hybridized carbons (Fsp3) is 0.361. The van der Waals surface area contributed by atoms with E-state index >= 15 is 0 Å². The molecule has 6 unspecified atom stereocenters. The average molecular weight is 659 g/mol. The van der Waals surface area contributed by atoms with Crippen molar-refractivity contribution in [1.29, 1.82) is 0 Å². The molecule has 0 aliphatic carbocycles. The Hall–Kier alpha value is -5.07. The van der Waals surface area contributed by atoms with Gasteiger partial charge in [0.15, 0.2) is 0 Å². The van der Waals surface area contributed by atoms with E-state index in [1.165, 1.54) is 18.9 Å². The van der Waals surface area contributed by atoms with Crippen molar-refractivity contribution in [2.24, 2.45) is 0 Å². The minimum absolute atomic E-state index is 0.0114. The number of aliphatic hydroxyl groups is 1. The smallest absolute Gasteiger partial charge is 0.328 e. The molecule has 4 N–H and O–H groups in total. The molecule has 12 nitrogen and oxygen atoms in total. The number of carbonyl (C=O) groups is 5. The van der Waals surface area contributed by atoms with Crippen LogP contribution in [0, 0.1) is 0 Å². The van der Waals surface area contributed by atoms with E-state index in [1.54, 1.807) is 61.5 Å². The summed E-state index contributed by atoms with van der Waals surface area (Å²) in [6, 6.07) is 22.3. The van der Waals surface area contributed by atoms with Crippen LogP contribution in [0.3, 0.4) is 0 Å². The third-order valence-electron chi connectivity index (χ3n) is 8.11. The maximum absolute atomic E-state index is 13.8. The Morgan fingerprint density at radius 3 is 2.00 bits per heavy atom. The number of β-amino-alcohol motifs (C(OH)–C–C–N with tert-alkyl or cyclic N) is 1. The molecule has 1 aliphatic heterocycles. The number of hydrogen-bond donors (Lipinski definition) is 4. The molecule has 12 heteroatoms. The largest absolute Gasteiger partial charge is 0.467 e.